The summed E-state index contributed by atoms with van der Waals surface area (Å²) in [5.41, 5.74) is 0.376. The highest BCUT2D eigenvalue weighted by molar-refractivity contribution is 5.77. The molecule has 2 saturated carbocycles. The summed E-state index contributed by atoms with van der Waals surface area (Å²) in [7, 11) is 0. The molecule has 138 valence electrons. The fourth-order valence-electron chi connectivity index (χ4n) is 6.80. The summed E-state index contributed by atoms with van der Waals surface area (Å²) in [5, 5.41) is 31.9. The van der Waals surface area contributed by atoms with E-state index < -0.39 is 30.0 Å². The summed E-state index contributed by atoms with van der Waals surface area (Å²) in [6.07, 6.45) is 3.31. The molecule has 0 unspecified atom stereocenters. The number of hydrogen-bond donors (Lipinski definition) is 3. The molecule has 3 aliphatic rings. The zero-order valence-corrected chi connectivity index (χ0v) is 15.1. The molecule has 0 aromatic carbocycles. The highest BCUT2D eigenvalue weighted by Crippen LogP contribution is 2.64. The first kappa shape index (κ1) is 17.1. The van der Waals surface area contributed by atoms with Crippen LogP contribution in [0.3, 0.4) is 0 Å². The van der Waals surface area contributed by atoms with Gasteiger partial charge in [-0.1, -0.05) is 27.2 Å². The molecule has 1 aromatic heterocycles. The topological polar surface area (TPSA) is 90.9 Å². The number of aliphatic hydroxyl groups is 2. The van der Waals surface area contributed by atoms with Crippen LogP contribution in [-0.4, -0.2) is 33.5 Å². The molecule has 0 amide bonds. The van der Waals surface area contributed by atoms with Crippen molar-refractivity contribution in [1.29, 1.82) is 0 Å². The number of hydrogen-bond acceptors (Lipinski definition) is 4. The average Bonchev–Trinajstić information content (AvgIpc) is 2.97. The van der Waals surface area contributed by atoms with Crippen molar-refractivity contribution in [2.75, 3.05) is 0 Å². The van der Waals surface area contributed by atoms with Crippen LogP contribution in [0.4, 0.5) is 0 Å². The van der Waals surface area contributed by atoms with Gasteiger partial charge in [0.15, 0.2) is 0 Å². The van der Waals surface area contributed by atoms with Crippen molar-refractivity contribution in [3.63, 3.8) is 0 Å². The normalized spacial score (nSPS) is 45.2. The SMILES string of the molecule is CC1(C)CCC[C@@]2(C)[C@@H]1[C@@H](O)[C@H](O)[C@@H]1[C@H](C(=O)O)c3ccoc3C[C@@H]12. The molecule has 3 N–H and O–H groups in total. The van der Waals surface area contributed by atoms with E-state index in [1.165, 1.54) is 0 Å². The number of carboxylic acids is 1. The van der Waals surface area contributed by atoms with Crippen molar-refractivity contribution < 1.29 is 24.5 Å². The fourth-order valence-corrected chi connectivity index (χ4v) is 6.80. The average molecular weight is 348 g/mol. The van der Waals surface area contributed by atoms with Crippen LogP contribution in [0.1, 0.15) is 57.3 Å². The number of carbonyl (C=O) groups is 1. The third kappa shape index (κ3) is 2.18. The lowest BCUT2D eigenvalue weighted by atomic mass is 9.42. The minimum absolute atomic E-state index is 0.00442. The second-order valence-corrected chi connectivity index (χ2v) is 9.31. The van der Waals surface area contributed by atoms with E-state index in [4.69, 9.17) is 4.42 Å². The van der Waals surface area contributed by atoms with Gasteiger partial charge < -0.3 is 19.7 Å². The van der Waals surface area contributed by atoms with Gasteiger partial charge in [0.2, 0.25) is 0 Å². The van der Waals surface area contributed by atoms with Gasteiger partial charge in [0.1, 0.15) is 5.76 Å². The number of rotatable bonds is 1. The first-order chi connectivity index (χ1) is 11.7. The largest absolute Gasteiger partial charge is 0.481 e. The molecule has 0 bridgehead atoms. The Bertz CT molecular complexity index is 692. The van der Waals surface area contributed by atoms with Crippen LogP contribution >= 0.6 is 0 Å². The Morgan fingerprint density at radius 1 is 1.20 bits per heavy atom. The third-order valence-corrected chi connectivity index (χ3v) is 7.66. The van der Waals surface area contributed by atoms with Gasteiger partial charge in [-0.25, -0.2) is 0 Å². The van der Waals surface area contributed by atoms with Gasteiger partial charge in [0.05, 0.1) is 24.4 Å². The molecule has 0 aliphatic heterocycles. The summed E-state index contributed by atoms with van der Waals surface area (Å²) in [6, 6.07) is 1.71. The van der Waals surface area contributed by atoms with E-state index in [9.17, 15) is 20.1 Å². The molecule has 4 rings (SSSR count). The highest BCUT2D eigenvalue weighted by atomic mass is 16.4. The number of fused-ring (bicyclic) bond motifs is 4. The van der Waals surface area contributed by atoms with Gasteiger partial charge in [-0.15, -0.1) is 0 Å². The van der Waals surface area contributed by atoms with Crippen LogP contribution in [0.15, 0.2) is 16.7 Å². The minimum atomic E-state index is -1.02. The molecule has 25 heavy (non-hydrogen) atoms. The summed E-state index contributed by atoms with van der Waals surface area (Å²) < 4.78 is 5.62. The van der Waals surface area contributed by atoms with Crippen LogP contribution in [0.25, 0.3) is 0 Å². The van der Waals surface area contributed by atoms with Crippen molar-refractivity contribution in [2.45, 2.75) is 64.6 Å². The smallest absolute Gasteiger partial charge is 0.311 e. The molecule has 0 spiro atoms. The zero-order chi connectivity index (χ0) is 18.1. The van der Waals surface area contributed by atoms with Gasteiger partial charge in [-0.2, -0.15) is 0 Å². The number of carboxylic acid groups (broad SMARTS) is 1. The Kier molecular flexibility index (Phi) is 3.65. The van der Waals surface area contributed by atoms with Crippen molar-refractivity contribution in [3.05, 3.63) is 23.7 Å². The first-order valence-electron chi connectivity index (χ1n) is 9.33. The maximum atomic E-state index is 12.1. The predicted molar refractivity (Wildman–Crippen MR) is 91.0 cm³/mol. The van der Waals surface area contributed by atoms with E-state index in [2.05, 4.69) is 20.8 Å². The van der Waals surface area contributed by atoms with Gasteiger partial charge in [0, 0.05) is 17.9 Å². The predicted octanol–water partition coefficient (Wildman–Crippen LogP) is 2.80. The molecule has 3 aliphatic carbocycles. The van der Waals surface area contributed by atoms with Gasteiger partial charge in [-0.3, -0.25) is 4.79 Å². The summed E-state index contributed by atoms with van der Waals surface area (Å²) in [5.74, 6) is -1.56. The molecule has 0 radical (unpaired) electrons. The van der Waals surface area contributed by atoms with E-state index in [1.54, 1.807) is 12.3 Å². The molecule has 0 saturated heterocycles. The maximum Gasteiger partial charge on any atom is 0.311 e. The molecular weight excluding hydrogens is 320 g/mol. The Hall–Kier alpha value is -1.33. The Labute approximate surface area is 148 Å². The molecule has 7 atom stereocenters. The molecule has 1 aromatic rings. The van der Waals surface area contributed by atoms with Gasteiger partial charge in [-0.05, 0) is 41.6 Å². The van der Waals surface area contributed by atoms with Crippen LogP contribution in [-0.2, 0) is 11.2 Å². The standard InChI is InChI=1S/C20H28O5/c1-19(2)6-4-7-20(3)11-9-12-10(5-8-25-12)13(18(23)24)14(11)15(21)16(22)17(19)20/h5,8,11,13-17,21-22H,4,6-7,9H2,1-3H3,(H,23,24)/t11-,13+,14-,15+,16-,17+,20+/m0/s1. The Morgan fingerprint density at radius 3 is 2.60 bits per heavy atom. The number of aliphatic carboxylic acids is 1. The lowest BCUT2D eigenvalue weighted by Crippen LogP contribution is -2.65. The Balaban J connectivity index is 1.87. The van der Waals surface area contributed by atoms with Crippen molar-refractivity contribution >= 4 is 5.97 Å². The van der Waals surface area contributed by atoms with E-state index >= 15 is 0 Å². The molecule has 1 heterocycles. The molecular formula is C20H28O5. The van der Waals surface area contributed by atoms with E-state index in [-0.39, 0.29) is 22.7 Å². The highest BCUT2D eigenvalue weighted by Gasteiger charge is 2.64. The lowest BCUT2D eigenvalue weighted by Gasteiger charge is -2.63. The monoisotopic (exact) mass is 348 g/mol. The third-order valence-electron chi connectivity index (χ3n) is 7.66. The van der Waals surface area contributed by atoms with Crippen LogP contribution in [0.2, 0.25) is 0 Å². The van der Waals surface area contributed by atoms with Crippen LogP contribution < -0.4 is 0 Å². The molecule has 5 nitrogen and oxygen atoms in total. The van der Waals surface area contributed by atoms with Crippen LogP contribution in [0.5, 0.6) is 0 Å². The fraction of sp³-hybridized carbons (Fsp3) is 0.750. The summed E-state index contributed by atoms with van der Waals surface area (Å²) >= 11 is 0. The second-order valence-electron chi connectivity index (χ2n) is 9.31. The van der Waals surface area contributed by atoms with E-state index in [0.717, 1.165) is 25.0 Å². The lowest BCUT2D eigenvalue weighted by molar-refractivity contribution is -0.218. The molecule has 5 heteroatoms. The zero-order valence-electron chi connectivity index (χ0n) is 15.1. The summed E-state index contributed by atoms with van der Waals surface area (Å²) in [6.45, 7) is 6.53. The van der Waals surface area contributed by atoms with Crippen molar-refractivity contribution in [3.8, 4) is 0 Å². The summed E-state index contributed by atoms with van der Waals surface area (Å²) in [4.78, 5) is 12.1. The van der Waals surface area contributed by atoms with E-state index in [1.807, 2.05) is 0 Å². The number of aliphatic hydroxyl groups excluding tert-OH is 2. The maximum absolute atomic E-state index is 12.1. The van der Waals surface area contributed by atoms with E-state index in [0.29, 0.717) is 12.0 Å². The molecule has 2 fully saturated rings. The van der Waals surface area contributed by atoms with Crippen LogP contribution in [0, 0.1) is 28.6 Å². The quantitative estimate of drug-likeness (QED) is 0.726. The van der Waals surface area contributed by atoms with Crippen molar-refractivity contribution in [1.82, 2.24) is 0 Å². The first-order valence-corrected chi connectivity index (χ1v) is 9.33. The van der Waals surface area contributed by atoms with Crippen molar-refractivity contribution in [2.24, 2.45) is 28.6 Å². The van der Waals surface area contributed by atoms with Gasteiger partial charge >= 0.3 is 5.97 Å². The number of furan rings is 1. The second kappa shape index (κ2) is 5.34. The van der Waals surface area contributed by atoms with Gasteiger partial charge in [0.25, 0.3) is 0 Å². The minimum Gasteiger partial charge on any atom is -0.481 e. The Morgan fingerprint density at radius 2 is 1.92 bits per heavy atom.